The third-order valence-corrected chi connectivity index (χ3v) is 5.51. The zero-order valence-corrected chi connectivity index (χ0v) is 16.7. The summed E-state index contributed by atoms with van der Waals surface area (Å²) < 4.78 is 5.46. The van der Waals surface area contributed by atoms with E-state index in [1.165, 1.54) is 23.1 Å². The third kappa shape index (κ3) is 5.21. The van der Waals surface area contributed by atoms with Gasteiger partial charge < -0.3 is 14.7 Å². The first-order valence-electron chi connectivity index (χ1n) is 9.77. The molecule has 0 aliphatic heterocycles. The van der Waals surface area contributed by atoms with Crippen molar-refractivity contribution in [3.63, 3.8) is 0 Å². The standard InChI is InChI=1S/C24H31NO2/c1-25(2)16-22-11-10-19(12-18-6-4-7-20(13-18)17-26)14-24(22)21-8-5-9-23(15-21)27-3/h4-9,12-13,15,22,24,26H,10-11,14,16-17H2,1-3H3/b19-12+/t22-,24-/m1/s1. The lowest BCUT2D eigenvalue weighted by molar-refractivity contribution is 0.256. The molecule has 3 nitrogen and oxygen atoms in total. The number of rotatable bonds is 6. The fourth-order valence-electron chi connectivity index (χ4n) is 4.22. The zero-order chi connectivity index (χ0) is 19.2. The summed E-state index contributed by atoms with van der Waals surface area (Å²) in [6.07, 6.45) is 5.74. The van der Waals surface area contributed by atoms with E-state index in [-0.39, 0.29) is 6.61 Å². The van der Waals surface area contributed by atoms with Crippen LogP contribution in [0.4, 0.5) is 0 Å². The molecule has 0 unspecified atom stereocenters. The average molecular weight is 366 g/mol. The van der Waals surface area contributed by atoms with Crippen LogP contribution in [-0.4, -0.2) is 37.8 Å². The Kier molecular flexibility index (Phi) is 6.70. The molecule has 0 spiro atoms. The lowest BCUT2D eigenvalue weighted by atomic mass is 9.73. The molecule has 27 heavy (non-hydrogen) atoms. The van der Waals surface area contributed by atoms with Crippen LogP contribution in [0, 0.1) is 5.92 Å². The molecule has 0 heterocycles. The van der Waals surface area contributed by atoms with E-state index in [0.29, 0.717) is 11.8 Å². The topological polar surface area (TPSA) is 32.7 Å². The number of allylic oxidation sites excluding steroid dienone is 1. The summed E-state index contributed by atoms with van der Waals surface area (Å²) in [5.41, 5.74) is 5.02. The number of hydrogen-bond acceptors (Lipinski definition) is 3. The van der Waals surface area contributed by atoms with Crippen LogP contribution < -0.4 is 4.74 Å². The molecule has 0 saturated heterocycles. The van der Waals surface area contributed by atoms with Crippen molar-refractivity contribution in [3.05, 3.63) is 70.8 Å². The number of benzene rings is 2. The first-order chi connectivity index (χ1) is 13.1. The predicted octanol–water partition coefficient (Wildman–Crippen LogP) is 4.72. The van der Waals surface area contributed by atoms with Crippen molar-refractivity contribution in [3.8, 4) is 5.75 Å². The van der Waals surface area contributed by atoms with E-state index >= 15 is 0 Å². The van der Waals surface area contributed by atoms with Crippen LogP contribution in [0.5, 0.6) is 5.75 Å². The van der Waals surface area contributed by atoms with E-state index in [4.69, 9.17) is 4.74 Å². The van der Waals surface area contributed by atoms with Gasteiger partial charge in [0.15, 0.2) is 0 Å². The second kappa shape index (κ2) is 9.20. The minimum atomic E-state index is 0.0916. The maximum Gasteiger partial charge on any atom is 0.119 e. The Morgan fingerprint density at radius 2 is 1.96 bits per heavy atom. The molecule has 0 bridgehead atoms. The molecule has 0 radical (unpaired) electrons. The number of methoxy groups -OCH3 is 1. The molecule has 0 aromatic heterocycles. The Labute approximate surface area is 163 Å². The van der Waals surface area contributed by atoms with Crippen LogP contribution in [0.25, 0.3) is 6.08 Å². The second-order valence-electron chi connectivity index (χ2n) is 7.85. The van der Waals surface area contributed by atoms with Gasteiger partial charge in [-0.3, -0.25) is 0 Å². The Morgan fingerprint density at radius 1 is 1.15 bits per heavy atom. The molecule has 0 amide bonds. The molecule has 1 saturated carbocycles. The molecular formula is C24H31NO2. The molecule has 2 aromatic carbocycles. The monoisotopic (exact) mass is 365 g/mol. The second-order valence-corrected chi connectivity index (χ2v) is 7.85. The zero-order valence-electron chi connectivity index (χ0n) is 16.7. The summed E-state index contributed by atoms with van der Waals surface area (Å²) in [5, 5.41) is 9.39. The average Bonchev–Trinajstić information content (AvgIpc) is 2.69. The maximum atomic E-state index is 9.39. The Balaban J connectivity index is 1.87. The summed E-state index contributed by atoms with van der Waals surface area (Å²) in [5.74, 6) is 2.08. The lowest BCUT2D eigenvalue weighted by Gasteiger charge is -2.35. The normalized spacial score (nSPS) is 21.6. The SMILES string of the molecule is COc1cccc([C@H]2C/C(=C/c3cccc(CO)c3)CC[C@@H]2CN(C)C)c1. The van der Waals surface area contributed by atoms with Gasteiger partial charge in [-0.2, -0.15) is 0 Å². The van der Waals surface area contributed by atoms with E-state index in [1.807, 2.05) is 18.2 Å². The summed E-state index contributed by atoms with van der Waals surface area (Å²) in [6, 6.07) is 16.8. The lowest BCUT2D eigenvalue weighted by Crippen LogP contribution is -2.29. The largest absolute Gasteiger partial charge is 0.497 e. The van der Waals surface area contributed by atoms with Crippen LogP contribution in [0.3, 0.4) is 0 Å². The number of ether oxygens (including phenoxy) is 1. The number of aliphatic hydroxyl groups is 1. The molecule has 3 heteroatoms. The fraction of sp³-hybridized carbons (Fsp3) is 0.417. The molecule has 1 fully saturated rings. The van der Waals surface area contributed by atoms with Gasteiger partial charge in [-0.15, -0.1) is 0 Å². The summed E-state index contributed by atoms with van der Waals surface area (Å²) in [7, 11) is 6.06. The van der Waals surface area contributed by atoms with Gasteiger partial charge in [0.2, 0.25) is 0 Å². The molecule has 1 aliphatic carbocycles. The minimum absolute atomic E-state index is 0.0916. The van der Waals surface area contributed by atoms with Gasteiger partial charge >= 0.3 is 0 Å². The Hall–Kier alpha value is -2.10. The van der Waals surface area contributed by atoms with Crippen LogP contribution in [-0.2, 0) is 6.61 Å². The molecule has 3 rings (SSSR count). The highest BCUT2D eigenvalue weighted by molar-refractivity contribution is 5.54. The van der Waals surface area contributed by atoms with Gasteiger partial charge in [0.05, 0.1) is 13.7 Å². The van der Waals surface area contributed by atoms with Gasteiger partial charge in [0.1, 0.15) is 5.75 Å². The van der Waals surface area contributed by atoms with Crippen molar-refractivity contribution in [1.82, 2.24) is 4.90 Å². The molecular weight excluding hydrogens is 334 g/mol. The number of hydrogen-bond donors (Lipinski definition) is 1. The molecule has 2 atom stereocenters. The van der Waals surface area contributed by atoms with Crippen LogP contribution >= 0.6 is 0 Å². The maximum absolute atomic E-state index is 9.39. The van der Waals surface area contributed by atoms with Gasteiger partial charge in [0, 0.05) is 6.54 Å². The van der Waals surface area contributed by atoms with E-state index in [2.05, 4.69) is 55.4 Å². The van der Waals surface area contributed by atoms with Gasteiger partial charge in [0.25, 0.3) is 0 Å². The highest BCUT2D eigenvalue weighted by Gasteiger charge is 2.29. The van der Waals surface area contributed by atoms with Crippen molar-refractivity contribution >= 4 is 6.08 Å². The minimum Gasteiger partial charge on any atom is -0.497 e. The van der Waals surface area contributed by atoms with Crippen LogP contribution in [0.15, 0.2) is 54.1 Å². The van der Waals surface area contributed by atoms with Gasteiger partial charge in [-0.1, -0.05) is 42.0 Å². The molecule has 1 N–H and O–H groups in total. The quantitative estimate of drug-likeness (QED) is 0.804. The van der Waals surface area contributed by atoms with Gasteiger partial charge in [-0.25, -0.2) is 0 Å². The van der Waals surface area contributed by atoms with Crippen molar-refractivity contribution < 1.29 is 9.84 Å². The van der Waals surface area contributed by atoms with E-state index in [9.17, 15) is 5.11 Å². The van der Waals surface area contributed by atoms with Crippen LogP contribution in [0.2, 0.25) is 0 Å². The molecule has 2 aromatic rings. The van der Waals surface area contributed by atoms with Crippen molar-refractivity contribution in [2.24, 2.45) is 5.92 Å². The number of aliphatic hydroxyl groups excluding tert-OH is 1. The summed E-state index contributed by atoms with van der Waals surface area (Å²) >= 11 is 0. The van der Waals surface area contributed by atoms with E-state index < -0.39 is 0 Å². The third-order valence-electron chi connectivity index (χ3n) is 5.51. The number of nitrogens with zero attached hydrogens (tertiary/aromatic N) is 1. The summed E-state index contributed by atoms with van der Waals surface area (Å²) in [4.78, 5) is 2.30. The highest BCUT2D eigenvalue weighted by Crippen LogP contribution is 2.42. The van der Waals surface area contributed by atoms with Crippen molar-refractivity contribution in [2.45, 2.75) is 31.8 Å². The first-order valence-corrected chi connectivity index (χ1v) is 9.77. The van der Waals surface area contributed by atoms with Crippen LogP contribution in [0.1, 0.15) is 41.9 Å². The first kappa shape index (κ1) is 19.7. The fourth-order valence-corrected chi connectivity index (χ4v) is 4.22. The Morgan fingerprint density at radius 3 is 2.70 bits per heavy atom. The van der Waals surface area contributed by atoms with E-state index in [1.54, 1.807) is 7.11 Å². The van der Waals surface area contributed by atoms with Crippen molar-refractivity contribution in [2.75, 3.05) is 27.7 Å². The smallest absolute Gasteiger partial charge is 0.119 e. The Bertz CT molecular complexity index is 781. The van der Waals surface area contributed by atoms with E-state index in [0.717, 1.165) is 30.7 Å². The predicted molar refractivity (Wildman–Crippen MR) is 112 cm³/mol. The molecule has 144 valence electrons. The highest BCUT2D eigenvalue weighted by atomic mass is 16.5. The van der Waals surface area contributed by atoms with Gasteiger partial charge in [-0.05, 0) is 80.1 Å². The van der Waals surface area contributed by atoms with Crippen molar-refractivity contribution in [1.29, 1.82) is 0 Å². The summed E-state index contributed by atoms with van der Waals surface area (Å²) in [6.45, 7) is 1.20. The molecule has 1 aliphatic rings.